The Hall–Kier alpha value is -2.71. The summed E-state index contributed by atoms with van der Waals surface area (Å²) in [5.41, 5.74) is 2.37. The fourth-order valence-electron chi connectivity index (χ4n) is 4.75. The summed E-state index contributed by atoms with van der Waals surface area (Å²) in [6, 6.07) is 7.75. The zero-order valence-corrected chi connectivity index (χ0v) is 20.0. The Bertz CT molecular complexity index is 1210. The molecule has 1 fully saturated rings. The number of nitrogens with one attached hydrogen (secondary N) is 1. The smallest absolute Gasteiger partial charge is 0.263 e. The van der Waals surface area contributed by atoms with Crippen LogP contribution in [0.25, 0.3) is 10.2 Å². The molecular formula is C25H30N4O3S. The number of aromatic nitrogens is 2. The minimum Gasteiger partial charge on any atom is -0.481 e. The molecule has 3 heterocycles. The quantitative estimate of drug-likeness (QED) is 0.624. The summed E-state index contributed by atoms with van der Waals surface area (Å²) >= 11 is 1.68. The Labute approximate surface area is 197 Å². The van der Waals surface area contributed by atoms with Gasteiger partial charge < -0.3 is 14.6 Å². The highest BCUT2D eigenvalue weighted by Crippen LogP contribution is 2.33. The third-order valence-corrected chi connectivity index (χ3v) is 7.80. The van der Waals surface area contributed by atoms with Crippen molar-refractivity contribution in [2.45, 2.75) is 52.2 Å². The number of amides is 1. The van der Waals surface area contributed by atoms with Crippen molar-refractivity contribution >= 4 is 27.5 Å². The normalized spacial score (nSPS) is 17.7. The number of fused-ring (bicyclic) bond motifs is 3. The molecule has 0 saturated carbocycles. The summed E-state index contributed by atoms with van der Waals surface area (Å²) in [6.07, 6.45) is 3.87. The third-order valence-electron chi connectivity index (χ3n) is 6.61. The number of rotatable bonds is 5. The van der Waals surface area contributed by atoms with E-state index in [9.17, 15) is 9.59 Å². The molecule has 1 amide bonds. The number of carbonyl (C=O) groups excluding carboxylic acids is 1. The van der Waals surface area contributed by atoms with Crippen molar-refractivity contribution < 1.29 is 9.53 Å². The fourth-order valence-corrected chi connectivity index (χ4v) is 6.03. The lowest BCUT2D eigenvalue weighted by Crippen LogP contribution is -2.51. The SMILES string of the molecule is Cc1ccc(OC(C)C(=O)N2CCN(Cc3nc4sc5c(c4c(=O)[nH]3)CCCC5)CC2)cc1. The molecule has 33 heavy (non-hydrogen) atoms. The summed E-state index contributed by atoms with van der Waals surface area (Å²) in [5, 5.41) is 0.802. The Kier molecular flexibility index (Phi) is 6.21. The molecule has 8 heteroatoms. The molecule has 1 unspecified atom stereocenters. The van der Waals surface area contributed by atoms with Crippen LogP contribution in [0, 0.1) is 6.92 Å². The Balaban J connectivity index is 1.19. The lowest BCUT2D eigenvalue weighted by Gasteiger charge is -2.35. The number of carbonyl (C=O) groups is 1. The van der Waals surface area contributed by atoms with Crippen molar-refractivity contribution in [3.8, 4) is 5.75 Å². The molecule has 1 atom stereocenters. The first-order chi connectivity index (χ1) is 16.0. The largest absolute Gasteiger partial charge is 0.481 e. The first-order valence-electron chi connectivity index (χ1n) is 11.8. The maximum absolute atomic E-state index is 12.8. The maximum atomic E-state index is 12.8. The van der Waals surface area contributed by atoms with Crippen LogP contribution in [0.1, 0.15) is 41.6 Å². The van der Waals surface area contributed by atoms with Crippen LogP contribution in [-0.2, 0) is 24.2 Å². The van der Waals surface area contributed by atoms with E-state index in [0.29, 0.717) is 31.2 Å². The van der Waals surface area contributed by atoms with E-state index < -0.39 is 6.10 Å². The molecule has 7 nitrogen and oxygen atoms in total. The Morgan fingerprint density at radius 1 is 1.15 bits per heavy atom. The van der Waals surface area contributed by atoms with Crippen molar-refractivity contribution in [2.75, 3.05) is 26.2 Å². The highest BCUT2D eigenvalue weighted by atomic mass is 32.1. The van der Waals surface area contributed by atoms with Crippen LogP contribution in [0.3, 0.4) is 0 Å². The minimum atomic E-state index is -0.524. The molecule has 2 aliphatic rings. The summed E-state index contributed by atoms with van der Waals surface area (Å²) < 4.78 is 5.84. The molecule has 3 aromatic rings. The lowest BCUT2D eigenvalue weighted by molar-refractivity contribution is -0.139. The van der Waals surface area contributed by atoms with Gasteiger partial charge in [-0.15, -0.1) is 11.3 Å². The van der Waals surface area contributed by atoms with Crippen LogP contribution in [0.5, 0.6) is 5.75 Å². The molecule has 0 bridgehead atoms. The van der Waals surface area contributed by atoms with Gasteiger partial charge >= 0.3 is 0 Å². The molecule has 0 spiro atoms. The molecule has 0 radical (unpaired) electrons. The van der Waals surface area contributed by atoms with Gasteiger partial charge in [-0.2, -0.15) is 0 Å². The van der Waals surface area contributed by atoms with Crippen LogP contribution in [-0.4, -0.2) is 58.0 Å². The van der Waals surface area contributed by atoms with E-state index in [-0.39, 0.29) is 11.5 Å². The lowest BCUT2D eigenvalue weighted by atomic mass is 9.97. The van der Waals surface area contributed by atoms with E-state index in [4.69, 9.17) is 9.72 Å². The summed E-state index contributed by atoms with van der Waals surface area (Å²) in [5.74, 6) is 1.43. The second-order valence-corrected chi connectivity index (χ2v) is 10.2. The van der Waals surface area contributed by atoms with Crippen LogP contribution in [0.4, 0.5) is 0 Å². The molecule has 1 aromatic carbocycles. The summed E-state index contributed by atoms with van der Waals surface area (Å²) in [7, 11) is 0. The first kappa shape index (κ1) is 22.1. The zero-order chi connectivity index (χ0) is 22.9. The number of thiophene rings is 1. The number of H-pyrrole nitrogens is 1. The monoisotopic (exact) mass is 466 g/mol. The van der Waals surface area contributed by atoms with E-state index in [0.717, 1.165) is 48.1 Å². The number of aromatic amines is 1. The average Bonchev–Trinajstić information content (AvgIpc) is 3.19. The molecule has 1 N–H and O–H groups in total. The Morgan fingerprint density at radius 2 is 1.88 bits per heavy atom. The topological polar surface area (TPSA) is 78.5 Å². The first-order valence-corrected chi connectivity index (χ1v) is 12.6. The number of nitrogens with zero attached hydrogens (tertiary/aromatic N) is 3. The molecule has 1 aliphatic carbocycles. The van der Waals surface area contributed by atoms with Gasteiger partial charge in [0.25, 0.3) is 11.5 Å². The molecule has 174 valence electrons. The predicted molar refractivity (Wildman–Crippen MR) is 130 cm³/mol. The second-order valence-electron chi connectivity index (χ2n) is 9.08. The number of benzene rings is 1. The minimum absolute atomic E-state index is 0.00680. The van der Waals surface area contributed by atoms with Gasteiger partial charge in [0.05, 0.1) is 11.9 Å². The van der Waals surface area contributed by atoms with E-state index in [1.807, 2.05) is 36.1 Å². The van der Waals surface area contributed by atoms with Crippen molar-refractivity contribution in [3.05, 3.63) is 56.4 Å². The predicted octanol–water partition coefficient (Wildman–Crippen LogP) is 3.28. The highest BCUT2D eigenvalue weighted by molar-refractivity contribution is 7.18. The van der Waals surface area contributed by atoms with Crippen LogP contribution in [0.2, 0.25) is 0 Å². The third kappa shape index (κ3) is 4.68. The van der Waals surface area contributed by atoms with Gasteiger partial charge in [-0.1, -0.05) is 17.7 Å². The number of ether oxygens (including phenoxy) is 1. The van der Waals surface area contributed by atoms with Gasteiger partial charge in [-0.3, -0.25) is 14.5 Å². The second kappa shape index (κ2) is 9.27. The number of piperazine rings is 1. The average molecular weight is 467 g/mol. The number of hydrogen-bond donors (Lipinski definition) is 1. The molecule has 2 aromatic heterocycles. The molecule has 1 aliphatic heterocycles. The van der Waals surface area contributed by atoms with Crippen molar-refractivity contribution in [1.82, 2.24) is 19.8 Å². The van der Waals surface area contributed by atoms with Gasteiger partial charge in [-0.25, -0.2) is 4.98 Å². The number of hydrogen-bond acceptors (Lipinski definition) is 6. The molecule has 5 rings (SSSR count). The van der Waals surface area contributed by atoms with Gasteiger partial charge in [0.15, 0.2) is 6.10 Å². The van der Waals surface area contributed by atoms with Gasteiger partial charge in [0.1, 0.15) is 16.4 Å². The van der Waals surface area contributed by atoms with Crippen LogP contribution < -0.4 is 10.3 Å². The Morgan fingerprint density at radius 3 is 2.64 bits per heavy atom. The van der Waals surface area contributed by atoms with E-state index >= 15 is 0 Å². The number of aryl methyl sites for hydroxylation is 3. The summed E-state index contributed by atoms with van der Waals surface area (Å²) in [6.45, 7) is 7.18. The maximum Gasteiger partial charge on any atom is 0.263 e. The van der Waals surface area contributed by atoms with Gasteiger partial charge in [-0.05, 0) is 57.2 Å². The van der Waals surface area contributed by atoms with E-state index in [1.54, 1.807) is 18.3 Å². The summed E-state index contributed by atoms with van der Waals surface area (Å²) in [4.78, 5) is 39.7. The van der Waals surface area contributed by atoms with E-state index in [1.165, 1.54) is 16.9 Å². The molecule has 1 saturated heterocycles. The van der Waals surface area contributed by atoms with Crippen LogP contribution >= 0.6 is 11.3 Å². The zero-order valence-electron chi connectivity index (χ0n) is 19.2. The van der Waals surface area contributed by atoms with E-state index in [2.05, 4.69) is 9.88 Å². The molecular weight excluding hydrogens is 436 g/mol. The standard InChI is InChI=1S/C25H30N4O3S/c1-16-7-9-18(10-8-16)32-17(2)25(31)29-13-11-28(12-14-29)15-21-26-23(30)22-19-5-3-4-6-20(19)33-24(22)27-21/h7-10,17H,3-6,11-15H2,1-2H3,(H,26,27,30). The van der Waals surface area contributed by atoms with Crippen LogP contribution in [0.15, 0.2) is 29.1 Å². The van der Waals surface area contributed by atoms with Gasteiger partial charge in [0.2, 0.25) is 0 Å². The van der Waals surface area contributed by atoms with Crippen molar-refractivity contribution in [1.29, 1.82) is 0 Å². The van der Waals surface area contributed by atoms with Gasteiger partial charge in [0, 0.05) is 31.1 Å². The van der Waals surface area contributed by atoms with Crippen molar-refractivity contribution in [3.63, 3.8) is 0 Å². The highest BCUT2D eigenvalue weighted by Gasteiger charge is 2.27. The fraction of sp³-hybridized carbons (Fsp3) is 0.480. The van der Waals surface area contributed by atoms with Crippen molar-refractivity contribution in [2.24, 2.45) is 0 Å².